The van der Waals surface area contributed by atoms with Crippen molar-refractivity contribution in [3.63, 3.8) is 0 Å². The first-order chi connectivity index (χ1) is 9.67. The lowest BCUT2D eigenvalue weighted by Gasteiger charge is -2.22. The molecule has 0 aliphatic rings. The zero-order chi connectivity index (χ0) is 14.8. The Morgan fingerprint density at radius 3 is 2.70 bits per heavy atom. The third-order valence-electron chi connectivity index (χ3n) is 3.10. The van der Waals surface area contributed by atoms with E-state index in [9.17, 15) is 4.79 Å². The first kappa shape index (κ1) is 16.4. The molecule has 0 saturated heterocycles. The number of carboxylic acid groups (broad SMARTS) is 1. The Labute approximate surface area is 120 Å². The lowest BCUT2D eigenvalue weighted by Crippen LogP contribution is -2.27. The van der Waals surface area contributed by atoms with Gasteiger partial charge in [0.05, 0.1) is 6.61 Å². The molecule has 0 fully saturated rings. The van der Waals surface area contributed by atoms with Gasteiger partial charge in [-0.05, 0) is 30.2 Å². The molecule has 4 heteroatoms. The monoisotopic (exact) mass is 277 g/mol. The smallest absolute Gasteiger partial charge is 0.328 e. The fourth-order valence-electron chi connectivity index (χ4n) is 2.04. The summed E-state index contributed by atoms with van der Waals surface area (Å²) in [5.41, 5.74) is 1.99. The van der Waals surface area contributed by atoms with Crippen molar-refractivity contribution in [2.45, 2.75) is 26.3 Å². The largest absolute Gasteiger partial charge is 0.478 e. The van der Waals surface area contributed by atoms with Crippen molar-refractivity contribution >= 4 is 12.0 Å². The van der Waals surface area contributed by atoms with Crippen molar-refractivity contribution in [3.8, 4) is 0 Å². The second kappa shape index (κ2) is 9.28. The molecule has 0 spiro atoms. The van der Waals surface area contributed by atoms with Crippen molar-refractivity contribution in [1.82, 2.24) is 4.90 Å². The number of aliphatic carboxylic acids is 1. The van der Waals surface area contributed by atoms with E-state index >= 15 is 0 Å². The summed E-state index contributed by atoms with van der Waals surface area (Å²) in [4.78, 5) is 12.8. The molecular formula is C16H23NO3. The number of carbonyl (C=O) groups is 1. The molecule has 0 atom stereocenters. The van der Waals surface area contributed by atoms with Crippen molar-refractivity contribution in [1.29, 1.82) is 0 Å². The highest BCUT2D eigenvalue weighted by Crippen LogP contribution is 2.14. The Bertz CT molecular complexity index is 443. The number of hydrogen-bond acceptors (Lipinski definition) is 3. The molecule has 0 radical (unpaired) electrons. The molecule has 0 aromatic heterocycles. The fourth-order valence-corrected chi connectivity index (χ4v) is 2.04. The maximum Gasteiger partial charge on any atom is 0.328 e. The third kappa shape index (κ3) is 5.99. The molecule has 0 unspecified atom stereocenters. The van der Waals surface area contributed by atoms with Gasteiger partial charge >= 0.3 is 5.97 Å². The highest BCUT2D eigenvalue weighted by atomic mass is 16.4. The van der Waals surface area contributed by atoms with Gasteiger partial charge in [0, 0.05) is 19.2 Å². The van der Waals surface area contributed by atoms with E-state index in [2.05, 4.69) is 11.8 Å². The summed E-state index contributed by atoms with van der Waals surface area (Å²) >= 11 is 0. The highest BCUT2D eigenvalue weighted by Gasteiger charge is 2.07. The van der Waals surface area contributed by atoms with Gasteiger partial charge in [0.1, 0.15) is 0 Å². The molecule has 1 aromatic rings. The van der Waals surface area contributed by atoms with E-state index in [0.29, 0.717) is 6.54 Å². The van der Waals surface area contributed by atoms with Gasteiger partial charge in [0.25, 0.3) is 0 Å². The van der Waals surface area contributed by atoms with Gasteiger partial charge in [0.15, 0.2) is 0 Å². The van der Waals surface area contributed by atoms with Crippen LogP contribution in [0.15, 0.2) is 30.3 Å². The van der Waals surface area contributed by atoms with Crippen LogP contribution >= 0.6 is 0 Å². The second-order valence-electron chi connectivity index (χ2n) is 4.72. The predicted octanol–water partition coefficient (Wildman–Crippen LogP) is 2.38. The van der Waals surface area contributed by atoms with E-state index in [-0.39, 0.29) is 6.61 Å². The summed E-state index contributed by atoms with van der Waals surface area (Å²) in [6.45, 7) is 4.57. The van der Waals surface area contributed by atoms with Crippen molar-refractivity contribution in [3.05, 3.63) is 41.5 Å². The summed E-state index contributed by atoms with van der Waals surface area (Å²) in [6, 6.07) is 7.75. The average molecular weight is 277 g/mol. The molecule has 0 amide bonds. The van der Waals surface area contributed by atoms with Gasteiger partial charge in [-0.15, -0.1) is 0 Å². The fraction of sp³-hybridized carbons (Fsp3) is 0.438. The van der Waals surface area contributed by atoms with Crippen LogP contribution in [0, 0.1) is 0 Å². The Morgan fingerprint density at radius 2 is 2.05 bits per heavy atom. The van der Waals surface area contributed by atoms with Crippen LogP contribution in [0.5, 0.6) is 0 Å². The number of unbranched alkanes of at least 4 members (excludes halogenated alkanes) is 1. The Balaban J connectivity index is 2.80. The van der Waals surface area contributed by atoms with Gasteiger partial charge in [-0.3, -0.25) is 4.90 Å². The van der Waals surface area contributed by atoms with E-state index in [1.54, 1.807) is 6.08 Å². The number of rotatable bonds is 9. The molecular weight excluding hydrogens is 254 g/mol. The van der Waals surface area contributed by atoms with Crippen LogP contribution in [0.25, 0.3) is 6.08 Å². The van der Waals surface area contributed by atoms with E-state index < -0.39 is 5.97 Å². The SMILES string of the molecule is CCCCN(CCO)Cc1ccccc1C=CC(=O)O. The Kier molecular flexibility index (Phi) is 7.62. The van der Waals surface area contributed by atoms with Crippen molar-refractivity contribution in [2.24, 2.45) is 0 Å². The minimum Gasteiger partial charge on any atom is -0.478 e. The summed E-state index contributed by atoms with van der Waals surface area (Å²) < 4.78 is 0. The normalized spacial score (nSPS) is 11.3. The topological polar surface area (TPSA) is 60.8 Å². The minimum absolute atomic E-state index is 0.136. The van der Waals surface area contributed by atoms with Crippen molar-refractivity contribution < 1.29 is 15.0 Å². The van der Waals surface area contributed by atoms with Crippen molar-refractivity contribution in [2.75, 3.05) is 19.7 Å². The number of nitrogens with zero attached hydrogens (tertiary/aromatic N) is 1. The molecule has 110 valence electrons. The highest BCUT2D eigenvalue weighted by molar-refractivity contribution is 5.85. The predicted molar refractivity (Wildman–Crippen MR) is 80.4 cm³/mol. The standard InChI is InChI=1S/C16H23NO3/c1-2-3-10-17(11-12-18)13-15-7-5-4-6-14(15)8-9-16(19)20/h4-9,18H,2-3,10-13H2,1H3,(H,19,20). The summed E-state index contributed by atoms with van der Waals surface area (Å²) in [7, 11) is 0. The number of carboxylic acids is 1. The summed E-state index contributed by atoms with van der Waals surface area (Å²) in [6.07, 6.45) is 4.98. The number of benzene rings is 1. The maximum atomic E-state index is 10.6. The van der Waals surface area contributed by atoms with Crippen LogP contribution in [0.4, 0.5) is 0 Å². The lowest BCUT2D eigenvalue weighted by molar-refractivity contribution is -0.131. The average Bonchev–Trinajstić information content (AvgIpc) is 2.44. The van der Waals surface area contributed by atoms with Crippen LogP contribution < -0.4 is 0 Å². The van der Waals surface area contributed by atoms with Gasteiger partial charge in [0.2, 0.25) is 0 Å². The van der Waals surface area contributed by atoms with E-state index in [0.717, 1.165) is 43.1 Å². The quantitative estimate of drug-likeness (QED) is 0.680. The molecule has 0 aliphatic carbocycles. The van der Waals surface area contributed by atoms with Gasteiger partial charge in [-0.25, -0.2) is 4.79 Å². The van der Waals surface area contributed by atoms with Crippen LogP contribution in [-0.4, -0.2) is 40.8 Å². The molecule has 1 rings (SSSR count). The molecule has 2 N–H and O–H groups in total. The van der Waals surface area contributed by atoms with Crippen LogP contribution in [-0.2, 0) is 11.3 Å². The van der Waals surface area contributed by atoms with E-state index in [1.807, 2.05) is 24.3 Å². The van der Waals surface area contributed by atoms with E-state index in [1.165, 1.54) is 0 Å². The zero-order valence-corrected chi connectivity index (χ0v) is 12.0. The molecule has 0 aliphatic heterocycles. The lowest BCUT2D eigenvalue weighted by atomic mass is 10.1. The second-order valence-corrected chi connectivity index (χ2v) is 4.72. The Morgan fingerprint density at radius 1 is 1.30 bits per heavy atom. The van der Waals surface area contributed by atoms with Crippen LogP contribution in [0.1, 0.15) is 30.9 Å². The third-order valence-corrected chi connectivity index (χ3v) is 3.10. The summed E-state index contributed by atoms with van der Waals surface area (Å²) in [5.74, 6) is -0.946. The zero-order valence-electron chi connectivity index (χ0n) is 12.0. The maximum absolute atomic E-state index is 10.6. The van der Waals surface area contributed by atoms with Gasteiger partial charge in [-0.1, -0.05) is 37.6 Å². The molecule has 4 nitrogen and oxygen atoms in total. The number of hydrogen-bond donors (Lipinski definition) is 2. The van der Waals surface area contributed by atoms with Gasteiger partial charge in [-0.2, -0.15) is 0 Å². The molecule has 20 heavy (non-hydrogen) atoms. The minimum atomic E-state index is -0.946. The Hall–Kier alpha value is -1.65. The first-order valence-electron chi connectivity index (χ1n) is 6.99. The molecule has 0 heterocycles. The van der Waals surface area contributed by atoms with E-state index in [4.69, 9.17) is 10.2 Å². The van der Waals surface area contributed by atoms with Gasteiger partial charge < -0.3 is 10.2 Å². The molecule has 0 saturated carbocycles. The first-order valence-corrected chi connectivity index (χ1v) is 6.99. The number of aliphatic hydroxyl groups is 1. The van der Waals surface area contributed by atoms with Crippen LogP contribution in [0.2, 0.25) is 0 Å². The number of aliphatic hydroxyl groups excluding tert-OH is 1. The summed E-state index contributed by atoms with van der Waals surface area (Å²) in [5, 5.41) is 17.8. The molecule has 1 aromatic carbocycles. The van der Waals surface area contributed by atoms with Crippen LogP contribution in [0.3, 0.4) is 0 Å². The molecule has 0 bridgehead atoms.